The Bertz CT molecular complexity index is 2850. The number of thioether (sulfide) groups is 1. The van der Waals surface area contributed by atoms with Gasteiger partial charge in [-0.05, 0) is 97.5 Å². The first kappa shape index (κ1) is 48.3. The van der Waals surface area contributed by atoms with E-state index < -0.39 is 10.7 Å². The average molecular weight is 966 g/mol. The molecule has 0 fully saturated rings. The molecule has 5 aromatic rings. The van der Waals surface area contributed by atoms with Gasteiger partial charge in [-0.1, -0.05) is 43.3 Å². The Balaban J connectivity index is 1.01. The molecule has 9 rings (SSSR count). The Morgan fingerprint density at radius 1 is 0.743 bits per heavy atom. The topological polar surface area (TPSA) is 152 Å². The summed E-state index contributed by atoms with van der Waals surface area (Å²) >= 11 is 1.38. The number of para-hydroxylation sites is 2. The van der Waals surface area contributed by atoms with E-state index in [0.29, 0.717) is 92.1 Å². The number of anilines is 3. The molecule has 364 valence electrons. The number of fused-ring (bicyclic) bond motifs is 8. The van der Waals surface area contributed by atoms with Gasteiger partial charge < -0.3 is 33.7 Å². The van der Waals surface area contributed by atoms with Crippen molar-refractivity contribution in [3.8, 4) is 17.2 Å². The molecule has 2 atom stereocenters. The van der Waals surface area contributed by atoms with E-state index in [4.69, 9.17) is 33.7 Å². The number of carboxylic acid groups (broad SMARTS) is 1. The Morgan fingerprint density at radius 2 is 1.30 bits per heavy atom. The van der Waals surface area contributed by atoms with Gasteiger partial charge in [0.2, 0.25) is 0 Å². The standard InChI is InChI=1S/C55H59N5O9S/c1-6-16-66-18-19-67-17-15-58(34-55(3,4)70-33-52(61)62)40-22-36(31-68-49-27-45-43(20-35(49)2)53(63)59-41(29-56-45)24-38-11-7-9-13-47(38)59)21-37(23-40)32-69-51-28-46-44(26-50(51)65-5)54(64)60-42(30-57-46)25-39-12-8-10-14-48(39)60/h7-14,20-23,26-30,41-42H,6,15-19,24-25,31-34H2,1-5H3,(H,61,62)/t41-,42+/m1/s1. The third-order valence-corrected chi connectivity index (χ3v) is 14.1. The molecule has 4 heterocycles. The second kappa shape index (κ2) is 21.1. The molecular weight excluding hydrogens is 907 g/mol. The number of hydrogen-bond donors (Lipinski definition) is 1. The number of carbonyl (C=O) groups excluding carboxylic acids is 2. The first-order valence-corrected chi connectivity index (χ1v) is 24.8. The summed E-state index contributed by atoms with van der Waals surface area (Å²) in [6, 6.07) is 28.9. The quantitative estimate of drug-likeness (QED) is 0.0700. The fraction of sp³-hybridized carbons (Fsp3) is 0.364. The van der Waals surface area contributed by atoms with Crippen molar-refractivity contribution >= 4 is 70.4 Å². The largest absolute Gasteiger partial charge is 0.493 e. The van der Waals surface area contributed by atoms with Gasteiger partial charge >= 0.3 is 5.97 Å². The van der Waals surface area contributed by atoms with Crippen LogP contribution in [0.15, 0.2) is 101 Å². The van der Waals surface area contributed by atoms with Crippen LogP contribution in [0.3, 0.4) is 0 Å². The van der Waals surface area contributed by atoms with E-state index in [-0.39, 0.29) is 42.9 Å². The van der Waals surface area contributed by atoms with Crippen LogP contribution in [0.2, 0.25) is 0 Å². The van der Waals surface area contributed by atoms with Crippen LogP contribution in [0.1, 0.15) is 75.7 Å². The lowest BCUT2D eigenvalue weighted by Gasteiger charge is -2.34. The minimum atomic E-state index is -0.874. The van der Waals surface area contributed by atoms with Crippen molar-refractivity contribution in [2.24, 2.45) is 9.98 Å². The van der Waals surface area contributed by atoms with Crippen LogP contribution >= 0.6 is 11.8 Å². The van der Waals surface area contributed by atoms with Crippen LogP contribution in [-0.2, 0) is 40.3 Å². The molecule has 4 aliphatic rings. The minimum Gasteiger partial charge on any atom is -0.493 e. The lowest BCUT2D eigenvalue weighted by molar-refractivity contribution is -0.133. The molecule has 0 saturated heterocycles. The van der Waals surface area contributed by atoms with Gasteiger partial charge in [0, 0.05) is 78.9 Å². The molecular formula is C55H59N5O9S. The van der Waals surface area contributed by atoms with E-state index in [0.717, 1.165) is 51.3 Å². The number of ether oxygens (including phenoxy) is 5. The predicted molar refractivity (Wildman–Crippen MR) is 275 cm³/mol. The SMILES string of the molecule is CCCOCCOCCN(CC(C)(C)SCC(=O)O)c1cc(COc2cc3c(cc2C)C(=O)N2c4ccccc4C[C@@H]2C=N3)cc(COc2cc3c(cc2OC)C(=O)N2c4ccccc4C[C@H]2C=N3)c1. The minimum absolute atomic E-state index is 0.0366. The zero-order valence-electron chi connectivity index (χ0n) is 40.3. The highest BCUT2D eigenvalue weighted by Gasteiger charge is 2.38. The molecule has 0 aromatic heterocycles. The number of aryl methyl sites for hydroxylation is 1. The van der Waals surface area contributed by atoms with Crippen LogP contribution in [0.4, 0.5) is 28.4 Å². The van der Waals surface area contributed by atoms with Crippen molar-refractivity contribution in [2.45, 2.75) is 77.0 Å². The van der Waals surface area contributed by atoms with Crippen LogP contribution in [0.5, 0.6) is 17.2 Å². The van der Waals surface area contributed by atoms with Gasteiger partial charge in [-0.15, -0.1) is 11.8 Å². The van der Waals surface area contributed by atoms with Gasteiger partial charge in [0.25, 0.3) is 11.8 Å². The summed E-state index contributed by atoms with van der Waals surface area (Å²) in [7, 11) is 1.55. The summed E-state index contributed by atoms with van der Waals surface area (Å²) in [5, 5.41) is 9.60. The van der Waals surface area contributed by atoms with Crippen molar-refractivity contribution in [2.75, 3.05) is 67.1 Å². The summed E-state index contributed by atoms with van der Waals surface area (Å²) in [5.41, 5.74) is 9.37. The number of carboxylic acids is 1. The molecule has 2 amide bonds. The second-order valence-corrected chi connectivity index (χ2v) is 20.2. The van der Waals surface area contributed by atoms with E-state index in [1.54, 1.807) is 24.1 Å². The molecule has 1 N–H and O–H groups in total. The number of benzene rings is 5. The summed E-state index contributed by atoms with van der Waals surface area (Å²) < 4.78 is 30.3. The van der Waals surface area contributed by atoms with Crippen molar-refractivity contribution in [3.63, 3.8) is 0 Å². The molecule has 0 spiro atoms. The van der Waals surface area contributed by atoms with Gasteiger partial charge in [0.15, 0.2) is 11.5 Å². The summed E-state index contributed by atoms with van der Waals surface area (Å²) in [6.07, 6.45) is 6.01. The molecule has 0 bridgehead atoms. The molecule has 14 nitrogen and oxygen atoms in total. The number of aliphatic carboxylic acids is 1. The number of carbonyl (C=O) groups is 3. The van der Waals surface area contributed by atoms with Crippen LogP contribution in [0.25, 0.3) is 0 Å². The van der Waals surface area contributed by atoms with Gasteiger partial charge in [0.1, 0.15) is 19.0 Å². The number of nitrogens with zero attached hydrogens (tertiary/aromatic N) is 5. The summed E-state index contributed by atoms with van der Waals surface area (Å²) in [4.78, 5) is 55.4. The number of rotatable bonds is 21. The lowest BCUT2D eigenvalue weighted by atomic mass is 10.1. The fourth-order valence-electron chi connectivity index (χ4n) is 9.51. The maximum atomic E-state index is 14.1. The van der Waals surface area contributed by atoms with Gasteiger partial charge in [-0.2, -0.15) is 0 Å². The highest BCUT2D eigenvalue weighted by Crippen LogP contribution is 2.42. The third kappa shape index (κ3) is 10.6. The monoisotopic (exact) mass is 965 g/mol. The summed E-state index contributed by atoms with van der Waals surface area (Å²) in [5.74, 6) is 0.277. The molecule has 0 saturated carbocycles. The van der Waals surface area contributed by atoms with Crippen molar-refractivity contribution in [1.29, 1.82) is 0 Å². The van der Waals surface area contributed by atoms with Crippen LogP contribution in [0, 0.1) is 6.92 Å². The number of methoxy groups -OCH3 is 1. The van der Waals surface area contributed by atoms with Crippen molar-refractivity contribution < 1.29 is 43.2 Å². The van der Waals surface area contributed by atoms with Crippen LogP contribution < -0.4 is 28.9 Å². The van der Waals surface area contributed by atoms with Gasteiger partial charge in [-0.25, -0.2) is 0 Å². The maximum Gasteiger partial charge on any atom is 0.313 e. The predicted octanol–water partition coefficient (Wildman–Crippen LogP) is 9.58. The molecule has 0 radical (unpaired) electrons. The fourth-order valence-corrected chi connectivity index (χ4v) is 10.3. The Hall–Kier alpha value is -6.68. The van der Waals surface area contributed by atoms with E-state index in [1.807, 2.05) is 98.8 Å². The highest BCUT2D eigenvalue weighted by molar-refractivity contribution is 8.01. The Labute approximate surface area is 413 Å². The maximum absolute atomic E-state index is 14.1. The Kier molecular flexibility index (Phi) is 14.6. The first-order chi connectivity index (χ1) is 33.9. The Morgan fingerprint density at radius 3 is 1.89 bits per heavy atom. The van der Waals surface area contributed by atoms with Crippen LogP contribution in [-0.4, -0.2) is 105 Å². The second-order valence-electron chi connectivity index (χ2n) is 18.5. The summed E-state index contributed by atoms with van der Waals surface area (Å²) in [6.45, 7) is 11.4. The number of aliphatic imine (C=N–C) groups is 2. The van der Waals surface area contributed by atoms with Gasteiger partial charge in [-0.3, -0.25) is 34.2 Å². The van der Waals surface area contributed by atoms with E-state index >= 15 is 0 Å². The third-order valence-electron chi connectivity index (χ3n) is 12.8. The molecule has 0 unspecified atom stereocenters. The zero-order valence-corrected chi connectivity index (χ0v) is 41.1. The van der Waals surface area contributed by atoms with Crippen molar-refractivity contribution in [3.05, 3.63) is 130 Å². The van der Waals surface area contributed by atoms with Crippen molar-refractivity contribution in [1.82, 2.24) is 0 Å². The molecule has 4 aliphatic heterocycles. The smallest absolute Gasteiger partial charge is 0.313 e. The lowest BCUT2D eigenvalue weighted by Crippen LogP contribution is -2.39. The number of hydrogen-bond acceptors (Lipinski definition) is 12. The van der Waals surface area contributed by atoms with E-state index in [2.05, 4.69) is 30.0 Å². The normalized spacial score (nSPS) is 16.4. The number of amides is 2. The zero-order chi connectivity index (χ0) is 48.9. The van der Waals surface area contributed by atoms with E-state index in [1.165, 1.54) is 11.8 Å². The van der Waals surface area contributed by atoms with Gasteiger partial charge in [0.05, 0.1) is 67.3 Å². The highest BCUT2D eigenvalue weighted by atomic mass is 32.2. The molecule has 70 heavy (non-hydrogen) atoms. The first-order valence-electron chi connectivity index (χ1n) is 23.8. The molecule has 15 heteroatoms. The van der Waals surface area contributed by atoms with E-state index in [9.17, 15) is 19.5 Å². The molecule has 0 aliphatic carbocycles. The average Bonchev–Trinajstić information content (AvgIpc) is 3.85. The molecule has 5 aromatic carbocycles.